The van der Waals surface area contributed by atoms with Crippen LogP contribution in [0.15, 0.2) is 206 Å². The molecule has 0 unspecified atom stereocenters. The molecule has 58 heavy (non-hydrogen) atoms. The highest BCUT2D eigenvalue weighted by Crippen LogP contribution is 2.51. The van der Waals surface area contributed by atoms with E-state index < -0.39 is 0 Å². The first-order valence-electron chi connectivity index (χ1n) is 19.4. The van der Waals surface area contributed by atoms with Crippen LogP contribution in [0, 0.1) is 0 Å². The van der Waals surface area contributed by atoms with Gasteiger partial charge in [0.1, 0.15) is 11.5 Å². The van der Waals surface area contributed by atoms with E-state index in [1.807, 2.05) is 72.8 Å². The van der Waals surface area contributed by atoms with Gasteiger partial charge < -0.3 is 9.64 Å². The van der Waals surface area contributed by atoms with Crippen LogP contribution in [0.1, 0.15) is 0 Å². The molecule has 1 aromatic heterocycles. The Hall–Kier alpha value is -7.89. The number of rotatable bonds is 7. The Labute approximate surface area is 336 Å². The summed E-state index contributed by atoms with van der Waals surface area (Å²) in [5.41, 5.74) is 10.3. The second kappa shape index (κ2) is 14.0. The third-order valence-electron chi connectivity index (χ3n) is 10.9. The van der Waals surface area contributed by atoms with Crippen molar-refractivity contribution in [3.8, 4) is 67.9 Å². The number of fused-ring (bicyclic) bond motifs is 3. The van der Waals surface area contributed by atoms with Crippen LogP contribution < -0.4 is 9.64 Å². The van der Waals surface area contributed by atoms with Crippen molar-refractivity contribution in [1.29, 1.82) is 0 Å². The lowest BCUT2D eigenvalue weighted by molar-refractivity contribution is 0.487. The SMILES string of the molecule is c1ccc(-c2nc(-c3ccccc3)nc(-c3cccc4c3-c3cccc5c(-c6ccc(N(c7ccccc7)c7ccc8ccccc8c7)cc6)ccc(c35)O4)n2)cc1. The third-order valence-corrected chi connectivity index (χ3v) is 10.9. The molecule has 0 bridgehead atoms. The molecular weight excluding hydrogens is 709 g/mol. The lowest BCUT2D eigenvalue weighted by Crippen LogP contribution is -2.09. The highest BCUT2D eigenvalue weighted by Gasteiger charge is 2.26. The van der Waals surface area contributed by atoms with Gasteiger partial charge in [0.25, 0.3) is 0 Å². The van der Waals surface area contributed by atoms with E-state index in [2.05, 4.69) is 138 Å². The molecule has 0 spiro atoms. The number of aromatic nitrogens is 3. The summed E-state index contributed by atoms with van der Waals surface area (Å²) in [6.45, 7) is 0. The molecule has 5 nitrogen and oxygen atoms in total. The summed E-state index contributed by atoms with van der Waals surface area (Å²) in [5.74, 6) is 3.43. The van der Waals surface area contributed by atoms with Crippen LogP contribution in [0.25, 0.3) is 78.0 Å². The van der Waals surface area contributed by atoms with E-state index in [1.54, 1.807) is 0 Å². The Morgan fingerprint density at radius 2 is 0.931 bits per heavy atom. The summed E-state index contributed by atoms with van der Waals surface area (Å²) in [4.78, 5) is 17.4. The fraction of sp³-hybridized carbons (Fsp3) is 0. The van der Waals surface area contributed by atoms with Crippen molar-refractivity contribution in [3.05, 3.63) is 206 Å². The van der Waals surface area contributed by atoms with Crippen LogP contribution >= 0.6 is 0 Å². The molecule has 272 valence electrons. The first kappa shape index (κ1) is 33.4. The molecule has 0 aliphatic carbocycles. The maximum atomic E-state index is 6.73. The molecule has 0 atom stereocenters. The zero-order valence-electron chi connectivity index (χ0n) is 31.3. The Kier molecular flexibility index (Phi) is 8.07. The minimum Gasteiger partial charge on any atom is -0.456 e. The molecule has 11 rings (SSSR count). The number of para-hydroxylation sites is 1. The van der Waals surface area contributed by atoms with Crippen molar-refractivity contribution in [2.75, 3.05) is 4.90 Å². The summed E-state index contributed by atoms with van der Waals surface area (Å²) >= 11 is 0. The summed E-state index contributed by atoms with van der Waals surface area (Å²) in [5, 5.41) is 4.60. The van der Waals surface area contributed by atoms with Crippen LogP contribution in [0.2, 0.25) is 0 Å². The predicted octanol–water partition coefficient (Wildman–Crippen LogP) is 14.1. The quantitative estimate of drug-likeness (QED) is 0.163. The largest absolute Gasteiger partial charge is 0.456 e. The average Bonchev–Trinajstić information content (AvgIpc) is 3.30. The first-order valence-corrected chi connectivity index (χ1v) is 19.4. The van der Waals surface area contributed by atoms with Crippen molar-refractivity contribution in [3.63, 3.8) is 0 Å². The molecule has 1 aliphatic rings. The standard InChI is InChI=1S/C53H34N4O/c1-4-15-37(16-5-1)51-54-52(38-17-6-2-7-18-38)56-53(55-51)46-24-13-25-47-50(46)45-23-12-22-44-43(32-33-48(58-47)49(44)45)36-27-29-41(30-28-36)57(40-20-8-3-9-21-40)42-31-26-35-14-10-11-19-39(35)34-42/h1-34H. The van der Waals surface area contributed by atoms with Gasteiger partial charge in [0.05, 0.1) is 0 Å². The van der Waals surface area contributed by atoms with Crippen molar-refractivity contribution in [1.82, 2.24) is 15.0 Å². The number of ether oxygens (including phenoxy) is 1. The van der Waals surface area contributed by atoms with Gasteiger partial charge in [-0.3, -0.25) is 0 Å². The molecule has 5 heteroatoms. The summed E-state index contributed by atoms with van der Waals surface area (Å²) in [6, 6.07) is 71.6. The molecule has 0 amide bonds. The van der Waals surface area contributed by atoms with Gasteiger partial charge in [0, 0.05) is 44.7 Å². The Balaban J connectivity index is 1.02. The Morgan fingerprint density at radius 3 is 1.66 bits per heavy atom. The maximum absolute atomic E-state index is 6.73. The van der Waals surface area contributed by atoms with E-state index in [-0.39, 0.29) is 0 Å². The minimum absolute atomic E-state index is 0.592. The molecule has 9 aromatic carbocycles. The summed E-state index contributed by atoms with van der Waals surface area (Å²) < 4.78 is 6.73. The first-order chi connectivity index (χ1) is 28.7. The van der Waals surface area contributed by atoms with Gasteiger partial charge in [-0.25, -0.2) is 15.0 Å². The van der Waals surface area contributed by atoms with E-state index >= 15 is 0 Å². The molecular formula is C53H34N4O. The molecule has 0 N–H and O–H groups in total. The van der Waals surface area contributed by atoms with Gasteiger partial charge in [-0.15, -0.1) is 0 Å². The summed E-state index contributed by atoms with van der Waals surface area (Å²) in [6.07, 6.45) is 0. The van der Waals surface area contributed by atoms with Crippen molar-refractivity contribution in [2.45, 2.75) is 0 Å². The van der Waals surface area contributed by atoms with Crippen molar-refractivity contribution in [2.24, 2.45) is 0 Å². The number of hydrogen-bond donors (Lipinski definition) is 0. The Morgan fingerprint density at radius 1 is 0.345 bits per heavy atom. The topological polar surface area (TPSA) is 51.1 Å². The predicted molar refractivity (Wildman–Crippen MR) is 237 cm³/mol. The van der Waals surface area contributed by atoms with Crippen LogP contribution in [-0.2, 0) is 0 Å². The van der Waals surface area contributed by atoms with Gasteiger partial charge in [-0.1, -0.05) is 158 Å². The van der Waals surface area contributed by atoms with Crippen LogP contribution in [0.3, 0.4) is 0 Å². The van der Waals surface area contributed by atoms with Gasteiger partial charge in [0.15, 0.2) is 17.5 Å². The van der Waals surface area contributed by atoms with Gasteiger partial charge in [0.2, 0.25) is 0 Å². The minimum atomic E-state index is 0.592. The van der Waals surface area contributed by atoms with E-state index in [0.717, 1.165) is 78.3 Å². The van der Waals surface area contributed by atoms with Gasteiger partial charge in [-0.05, 0) is 81.4 Å². The zero-order valence-corrected chi connectivity index (χ0v) is 31.3. The zero-order chi connectivity index (χ0) is 38.4. The Bertz CT molecular complexity index is 3070. The molecule has 0 saturated heterocycles. The van der Waals surface area contributed by atoms with Crippen molar-refractivity contribution >= 4 is 38.6 Å². The number of anilines is 3. The fourth-order valence-corrected chi connectivity index (χ4v) is 8.18. The molecule has 1 aliphatic heterocycles. The average molecular weight is 743 g/mol. The fourth-order valence-electron chi connectivity index (χ4n) is 8.18. The monoisotopic (exact) mass is 742 g/mol. The van der Waals surface area contributed by atoms with Gasteiger partial charge >= 0.3 is 0 Å². The lowest BCUT2D eigenvalue weighted by atomic mass is 9.88. The second-order valence-electron chi connectivity index (χ2n) is 14.4. The van der Waals surface area contributed by atoms with Gasteiger partial charge in [-0.2, -0.15) is 0 Å². The molecule has 0 radical (unpaired) electrons. The third kappa shape index (κ3) is 5.85. The molecule has 10 aromatic rings. The molecule has 2 heterocycles. The van der Waals surface area contributed by atoms with Crippen LogP contribution in [0.4, 0.5) is 17.1 Å². The number of nitrogens with zero attached hydrogens (tertiary/aromatic N) is 4. The van der Waals surface area contributed by atoms with Crippen molar-refractivity contribution < 1.29 is 4.74 Å². The van der Waals surface area contributed by atoms with E-state index in [4.69, 9.17) is 19.7 Å². The highest BCUT2D eigenvalue weighted by atomic mass is 16.5. The normalized spacial score (nSPS) is 11.6. The lowest BCUT2D eigenvalue weighted by Gasteiger charge is -2.26. The number of hydrogen-bond acceptors (Lipinski definition) is 5. The van der Waals surface area contributed by atoms with E-state index in [9.17, 15) is 0 Å². The van der Waals surface area contributed by atoms with E-state index in [0.29, 0.717) is 17.5 Å². The molecule has 0 saturated carbocycles. The summed E-state index contributed by atoms with van der Waals surface area (Å²) in [7, 11) is 0. The van der Waals surface area contributed by atoms with Crippen LogP contribution in [0.5, 0.6) is 11.5 Å². The van der Waals surface area contributed by atoms with E-state index in [1.165, 1.54) is 10.8 Å². The maximum Gasteiger partial charge on any atom is 0.164 e. The molecule has 0 fully saturated rings. The van der Waals surface area contributed by atoms with Crippen LogP contribution in [-0.4, -0.2) is 15.0 Å². The smallest absolute Gasteiger partial charge is 0.164 e. The number of benzene rings is 9. The second-order valence-corrected chi connectivity index (χ2v) is 14.4. The highest BCUT2D eigenvalue weighted by molar-refractivity contribution is 6.11.